The molecule has 1 aromatic heterocycles. The molecule has 0 saturated heterocycles. The van der Waals surface area contributed by atoms with E-state index in [4.69, 9.17) is 10.5 Å². The normalized spacial score (nSPS) is 16.3. The Bertz CT molecular complexity index is 813. The molecular weight excluding hydrogens is 351 g/mol. The molecule has 3 rings (SSSR count). The molecule has 0 unspecified atom stereocenters. The largest absolute Gasteiger partial charge is 0.487 e. The Balaban J connectivity index is 1.64. The lowest BCUT2D eigenvalue weighted by molar-refractivity contribution is -0.124. The summed E-state index contributed by atoms with van der Waals surface area (Å²) in [5.41, 5.74) is 5.28. The number of aromatic amines is 1. The number of ether oxygens (including phenoxy) is 1. The highest BCUT2D eigenvalue weighted by Crippen LogP contribution is 2.27. The van der Waals surface area contributed by atoms with Crippen LogP contribution in [0.15, 0.2) is 30.3 Å². The van der Waals surface area contributed by atoms with Crippen LogP contribution in [-0.2, 0) is 11.4 Å². The van der Waals surface area contributed by atoms with Crippen LogP contribution in [0.2, 0.25) is 0 Å². The average molecular weight is 374 g/mol. The van der Waals surface area contributed by atoms with Gasteiger partial charge in [0.15, 0.2) is 0 Å². The molecule has 0 atom stereocenters. The van der Waals surface area contributed by atoms with E-state index in [1.54, 1.807) is 18.2 Å². The molecular formula is C19H23FN4O3. The first kappa shape index (κ1) is 18.9. The summed E-state index contributed by atoms with van der Waals surface area (Å²) in [6.45, 7) is 0.102. The first-order valence-corrected chi connectivity index (χ1v) is 9.04. The van der Waals surface area contributed by atoms with E-state index in [9.17, 15) is 14.0 Å². The van der Waals surface area contributed by atoms with E-state index < -0.39 is 23.2 Å². The molecule has 1 aliphatic rings. The molecule has 0 aliphatic heterocycles. The molecule has 27 heavy (non-hydrogen) atoms. The number of hydrogen-bond acceptors (Lipinski definition) is 4. The Kier molecular flexibility index (Phi) is 5.73. The highest BCUT2D eigenvalue weighted by molar-refractivity contribution is 5.97. The van der Waals surface area contributed by atoms with Gasteiger partial charge >= 0.3 is 0 Å². The number of nitrogens with two attached hydrogens (primary N) is 1. The molecule has 8 heteroatoms. The Hall–Kier alpha value is -2.90. The number of halogens is 1. The summed E-state index contributed by atoms with van der Waals surface area (Å²) < 4.78 is 18.6. The Morgan fingerprint density at radius 2 is 1.96 bits per heavy atom. The third-order valence-corrected chi connectivity index (χ3v) is 4.84. The van der Waals surface area contributed by atoms with Gasteiger partial charge in [-0.2, -0.15) is 5.10 Å². The fourth-order valence-corrected chi connectivity index (χ4v) is 3.32. The summed E-state index contributed by atoms with van der Waals surface area (Å²) in [7, 11) is 0. The third kappa shape index (κ3) is 4.64. The SMILES string of the molecule is NC(=O)C1(NC(=O)c2cc(COc3cccc(F)c3)[nH]n2)CCCCCC1. The maximum Gasteiger partial charge on any atom is 0.272 e. The first-order chi connectivity index (χ1) is 13.0. The average Bonchev–Trinajstić information content (AvgIpc) is 2.99. The van der Waals surface area contributed by atoms with Crippen molar-refractivity contribution in [3.63, 3.8) is 0 Å². The van der Waals surface area contributed by atoms with E-state index in [1.807, 2.05) is 0 Å². The minimum Gasteiger partial charge on any atom is -0.487 e. The molecule has 1 saturated carbocycles. The minimum atomic E-state index is -1.02. The number of nitrogens with one attached hydrogen (secondary N) is 2. The molecule has 0 radical (unpaired) electrons. The van der Waals surface area contributed by atoms with Crippen LogP contribution in [0.3, 0.4) is 0 Å². The maximum absolute atomic E-state index is 13.2. The molecule has 7 nitrogen and oxygen atoms in total. The van der Waals surface area contributed by atoms with Crippen molar-refractivity contribution in [3.8, 4) is 5.75 Å². The molecule has 2 amide bonds. The summed E-state index contributed by atoms with van der Waals surface area (Å²) in [5, 5.41) is 9.50. The monoisotopic (exact) mass is 374 g/mol. The van der Waals surface area contributed by atoms with Crippen molar-refractivity contribution in [1.82, 2.24) is 15.5 Å². The smallest absolute Gasteiger partial charge is 0.272 e. The zero-order valence-corrected chi connectivity index (χ0v) is 15.0. The summed E-state index contributed by atoms with van der Waals surface area (Å²) in [5.74, 6) is -0.981. The van der Waals surface area contributed by atoms with E-state index in [0.29, 0.717) is 24.3 Å². The molecule has 1 aliphatic carbocycles. The zero-order chi connectivity index (χ0) is 19.3. The highest BCUT2D eigenvalue weighted by Gasteiger charge is 2.38. The molecule has 1 fully saturated rings. The second kappa shape index (κ2) is 8.20. The number of carbonyl (C=O) groups is 2. The number of primary amides is 1. The maximum atomic E-state index is 13.2. The van der Waals surface area contributed by atoms with Crippen molar-refractivity contribution in [3.05, 3.63) is 47.5 Å². The van der Waals surface area contributed by atoms with Crippen LogP contribution in [0.4, 0.5) is 4.39 Å². The molecule has 0 bridgehead atoms. The third-order valence-electron chi connectivity index (χ3n) is 4.84. The molecule has 144 valence electrons. The first-order valence-electron chi connectivity index (χ1n) is 9.04. The van der Waals surface area contributed by atoms with Gasteiger partial charge in [-0.25, -0.2) is 4.39 Å². The van der Waals surface area contributed by atoms with Crippen molar-refractivity contribution in [2.45, 2.75) is 50.7 Å². The number of carbonyl (C=O) groups excluding carboxylic acids is 2. The zero-order valence-electron chi connectivity index (χ0n) is 15.0. The van der Waals surface area contributed by atoms with Gasteiger partial charge < -0.3 is 15.8 Å². The van der Waals surface area contributed by atoms with E-state index in [1.165, 1.54) is 12.1 Å². The summed E-state index contributed by atoms with van der Waals surface area (Å²) in [4.78, 5) is 24.6. The lowest BCUT2D eigenvalue weighted by Gasteiger charge is -2.30. The van der Waals surface area contributed by atoms with Crippen LogP contribution in [0.5, 0.6) is 5.75 Å². The number of benzene rings is 1. The van der Waals surface area contributed by atoms with Crippen LogP contribution < -0.4 is 15.8 Å². The second-order valence-electron chi connectivity index (χ2n) is 6.84. The number of H-pyrrole nitrogens is 1. The predicted molar refractivity (Wildman–Crippen MR) is 96.4 cm³/mol. The lowest BCUT2D eigenvalue weighted by Crippen LogP contribution is -2.57. The van der Waals surface area contributed by atoms with E-state index in [2.05, 4.69) is 15.5 Å². The topological polar surface area (TPSA) is 110 Å². The number of rotatable bonds is 6. The van der Waals surface area contributed by atoms with Gasteiger partial charge in [-0.05, 0) is 31.0 Å². The van der Waals surface area contributed by atoms with Gasteiger partial charge in [0.25, 0.3) is 5.91 Å². The van der Waals surface area contributed by atoms with E-state index in [0.717, 1.165) is 25.7 Å². The number of amides is 2. The molecule has 1 aromatic carbocycles. The van der Waals surface area contributed by atoms with Crippen LogP contribution in [0.25, 0.3) is 0 Å². The minimum absolute atomic E-state index is 0.102. The Morgan fingerprint density at radius 1 is 1.22 bits per heavy atom. The van der Waals surface area contributed by atoms with Gasteiger partial charge in [0.05, 0.1) is 5.69 Å². The summed E-state index contributed by atoms with van der Waals surface area (Å²) in [6.07, 6.45) is 4.80. The van der Waals surface area contributed by atoms with E-state index >= 15 is 0 Å². The van der Waals surface area contributed by atoms with Gasteiger partial charge in [-0.15, -0.1) is 0 Å². The van der Waals surface area contributed by atoms with Crippen molar-refractivity contribution in [2.75, 3.05) is 0 Å². The predicted octanol–water partition coefficient (Wildman–Crippen LogP) is 2.44. The van der Waals surface area contributed by atoms with Gasteiger partial charge in [0, 0.05) is 6.07 Å². The van der Waals surface area contributed by atoms with Crippen LogP contribution in [-0.4, -0.2) is 27.6 Å². The van der Waals surface area contributed by atoms with Gasteiger partial charge in [0.2, 0.25) is 5.91 Å². The van der Waals surface area contributed by atoms with Gasteiger partial charge in [-0.3, -0.25) is 14.7 Å². The Labute approximate surface area is 156 Å². The second-order valence-corrected chi connectivity index (χ2v) is 6.84. The van der Waals surface area contributed by atoms with Gasteiger partial charge in [0.1, 0.15) is 29.4 Å². The number of nitrogens with zero attached hydrogens (tertiary/aromatic N) is 1. The summed E-state index contributed by atoms with van der Waals surface area (Å²) >= 11 is 0. The Morgan fingerprint density at radius 3 is 2.63 bits per heavy atom. The van der Waals surface area contributed by atoms with E-state index in [-0.39, 0.29) is 12.3 Å². The molecule has 0 spiro atoms. The van der Waals surface area contributed by atoms with Gasteiger partial charge in [-0.1, -0.05) is 31.7 Å². The van der Waals surface area contributed by atoms with Crippen molar-refractivity contribution in [1.29, 1.82) is 0 Å². The highest BCUT2D eigenvalue weighted by atomic mass is 19.1. The molecule has 1 heterocycles. The van der Waals surface area contributed by atoms with Crippen molar-refractivity contribution < 1.29 is 18.7 Å². The lowest BCUT2D eigenvalue weighted by atomic mass is 9.89. The fraction of sp³-hybridized carbons (Fsp3) is 0.421. The van der Waals surface area contributed by atoms with Crippen LogP contribution >= 0.6 is 0 Å². The quantitative estimate of drug-likeness (QED) is 0.675. The fourth-order valence-electron chi connectivity index (χ4n) is 3.32. The van der Waals surface area contributed by atoms with Crippen molar-refractivity contribution >= 4 is 11.8 Å². The number of aromatic nitrogens is 2. The van der Waals surface area contributed by atoms with Crippen molar-refractivity contribution in [2.24, 2.45) is 5.73 Å². The summed E-state index contributed by atoms with van der Waals surface area (Å²) in [6, 6.07) is 7.32. The standard InChI is InChI=1S/C19H23FN4O3/c20-13-6-5-7-15(10-13)27-12-14-11-16(24-23-14)17(25)22-19(18(21)26)8-3-1-2-4-9-19/h5-7,10-11H,1-4,8-9,12H2,(H2,21,26)(H,22,25)(H,23,24). The molecule has 4 N–H and O–H groups in total. The molecule has 2 aromatic rings. The van der Waals surface area contributed by atoms with Crippen LogP contribution in [0.1, 0.15) is 54.7 Å². The van der Waals surface area contributed by atoms with Crippen LogP contribution in [0, 0.1) is 5.82 Å². The number of hydrogen-bond donors (Lipinski definition) is 3.